The number of amidine groups is 1. The monoisotopic (exact) mass is 681 g/mol. The number of aliphatic hydroxyl groups excluding tert-OH is 1. The van der Waals surface area contributed by atoms with Crippen LogP contribution in [0.5, 0.6) is 0 Å². The maximum atomic E-state index is 15.2. The number of likely N-dealkylation sites (tertiary alicyclic amines) is 1. The average molecular weight is 682 g/mol. The number of benzene rings is 2. The van der Waals surface area contributed by atoms with Gasteiger partial charge in [0.1, 0.15) is 5.65 Å². The molecule has 1 aliphatic rings. The second-order valence-electron chi connectivity index (χ2n) is 12.9. The van der Waals surface area contributed by atoms with Crippen LogP contribution in [0, 0.1) is 17.1 Å². The summed E-state index contributed by atoms with van der Waals surface area (Å²) in [6.07, 6.45) is 8.26. The van der Waals surface area contributed by atoms with E-state index in [-0.39, 0.29) is 34.8 Å². The Balaban J connectivity index is 1.39. The first kappa shape index (κ1) is 35.1. The Morgan fingerprint density at radius 1 is 1.23 bits per heavy atom. The van der Waals surface area contributed by atoms with Gasteiger partial charge in [-0.1, -0.05) is 42.4 Å². The van der Waals surface area contributed by atoms with E-state index in [1.54, 1.807) is 24.4 Å². The molecule has 3 heterocycles. The first-order valence-electron chi connectivity index (χ1n) is 16.3. The highest BCUT2D eigenvalue weighted by Gasteiger charge is 2.32. The van der Waals surface area contributed by atoms with Crippen LogP contribution in [-0.4, -0.2) is 60.7 Å². The van der Waals surface area contributed by atoms with Gasteiger partial charge in [0, 0.05) is 54.2 Å². The molecule has 9 nitrogen and oxygen atoms in total. The fourth-order valence-corrected chi connectivity index (χ4v) is 7.45. The standard InChI is InChI=1S/C35H45ClFN7O2S/c1-21(20-45)18-43-26(13-14-47-34(39)40)7-4-8-31(43)24-9-11-27(12-10-24)44-19-25-17-30(41-33(25)42-35(44)46)28-15-23(6-3-5-22(2)38)16-29(36)32(28)37/h9-12,15-17,19,21-22,26,31,45H,3-8,13-14,18,20,38H2,1-2H3,(H3,39,40)(H,41,42,46)/t21-,22-,26-,31-/m0/s1. The van der Waals surface area contributed by atoms with Crippen LogP contribution in [0.4, 0.5) is 4.39 Å². The van der Waals surface area contributed by atoms with Gasteiger partial charge >= 0.3 is 5.69 Å². The van der Waals surface area contributed by atoms with Gasteiger partial charge < -0.3 is 21.6 Å². The maximum Gasteiger partial charge on any atom is 0.354 e. The van der Waals surface area contributed by atoms with E-state index >= 15 is 4.39 Å². The molecule has 2 aromatic carbocycles. The number of H-pyrrole nitrogens is 1. The number of aromatic nitrogens is 3. The van der Waals surface area contributed by atoms with Crippen LogP contribution < -0.4 is 17.2 Å². The zero-order chi connectivity index (χ0) is 33.7. The number of piperidine rings is 1. The molecule has 1 aliphatic heterocycles. The molecule has 4 aromatic rings. The van der Waals surface area contributed by atoms with Crippen LogP contribution in [0.1, 0.15) is 69.5 Å². The Labute approximate surface area is 284 Å². The number of nitrogens with one attached hydrogen (secondary N) is 2. The highest BCUT2D eigenvalue weighted by atomic mass is 35.5. The molecule has 2 aromatic heterocycles. The van der Waals surface area contributed by atoms with E-state index in [2.05, 4.69) is 33.9 Å². The number of hydrogen-bond acceptors (Lipinski definition) is 7. The van der Waals surface area contributed by atoms with E-state index in [0.717, 1.165) is 68.4 Å². The molecular weight excluding hydrogens is 637 g/mol. The summed E-state index contributed by atoms with van der Waals surface area (Å²) in [5.41, 5.74) is 15.0. The number of halogens is 2. The fourth-order valence-electron chi connectivity index (χ4n) is 6.60. The zero-order valence-corrected chi connectivity index (χ0v) is 28.6. The molecule has 0 aliphatic carbocycles. The van der Waals surface area contributed by atoms with Crippen molar-refractivity contribution >= 4 is 39.6 Å². The van der Waals surface area contributed by atoms with E-state index < -0.39 is 11.5 Å². The third kappa shape index (κ3) is 8.63. The second-order valence-corrected chi connectivity index (χ2v) is 14.4. The third-order valence-electron chi connectivity index (χ3n) is 8.99. The van der Waals surface area contributed by atoms with Gasteiger partial charge in [-0.25, -0.2) is 9.18 Å². The SMILES string of the molecule is C[C@H](CO)CN1[C@H](CCSC(=N)N)CCC[C@H]1c1ccc(-n2cc3cc(-c4cc(CCC[C@H](C)N)cc(Cl)c4F)[nH]c3nc2=O)cc1. The Morgan fingerprint density at radius 2 is 2.00 bits per heavy atom. The van der Waals surface area contributed by atoms with Gasteiger partial charge in [0.15, 0.2) is 11.0 Å². The Hall–Kier alpha value is -3.22. The summed E-state index contributed by atoms with van der Waals surface area (Å²) in [7, 11) is 0. The first-order chi connectivity index (χ1) is 22.5. The van der Waals surface area contributed by atoms with Crippen LogP contribution in [0.2, 0.25) is 5.02 Å². The lowest BCUT2D eigenvalue weighted by atomic mass is 9.88. The van der Waals surface area contributed by atoms with Crippen molar-refractivity contribution in [2.75, 3.05) is 18.9 Å². The molecule has 7 N–H and O–H groups in total. The summed E-state index contributed by atoms with van der Waals surface area (Å²) < 4.78 is 16.7. The molecular formula is C35H45ClFN7O2S. The summed E-state index contributed by atoms with van der Waals surface area (Å²) in [6, 6.07) is 13.9. The molecule has 0 spiro atoms. The summed E-state index contributed by atoms with van der Waals surface area (Å²) in [5, 5.41) is 18.2. The Morgan fingerprint density at radius 3 is 2.70 bits per heavy atom. The van der Waals surface area contributed by atoms with Gasteiger partial charge in [-0.15, -0.1) is 0 Å². The van der Waals surface area contributed by atoms with Gasteiger partial charge in [-0.2, -0.15) is 4.98 Å². The van der Waals surface area contributed by atoms with Crippen molar-refractivity contribution in [3.8, 4) is 16.9 Å². The molecule has 0 radical (unpaired) electrons. The number of nitrogens with zero attached hydrogens (tertiary/aromatic N) is 3. The van der Waals surface area contributed by atoms with Crippen LogP contribution in [-0.2, 0) is 6.42 Å². The smallest absolute Gasteiger partial charge is 0.354 e. The van der Waals surface area contributed by atoms with Gasteiger partial charge in [-0.3, -0.25) is 14.9 Å². The number of thioether (sulfide) groups is 1. The molecule has 5 rings (SSSR count). The quantitative estimate of drug-likeness (QED) is 0.0811. The third-order valence-corrected chi connectivity index (χ3v) is 10.0. The molecule has 252 valence electrons. The maximum absolute atomic E-state index is 15.2. The number of nitrogens with two attached hydrogens (primary N) is 2. The van der Waals surface area contributed by atoms with Gasteiger partial charge in [-0.05, 0) is 99.2 Å². The lowest BCUT2D eigenvalue weighted by Crippen LogP contribution is -2.44. The van der Waals surface area contributed by atoms with Gasteiger partial charge in [0.25, 0.3) is 0 Å². The predicted molar refractivity (Wildman–Crippen MR) is 191 cm³/mol. The average Bonchev–Trinajstić information content (AvgIpc) is 3.45. The number of rotatable bonds is 13. The lowest BCUT2D eigenvalue weighted by Gasteiger charge is -2.44. The number of aliphatic hydroxyl groups is 1. The number of aryl methyl sites for hydroxylation is 1. The van der Waals surface area contributed by atoms with Gasteiger partial charge in [0.2, 0.25) is 0 Å². The van der Waals surface area contributed by atoms with Crippen LogP contribution in [0.15, 0.2) is 53.5 Å². The molecule has 47 heavy (non-hydrogen) atoms. The summed E-state index contributed by atoms with van der Waals surface area (Å²) in [6.45, 7) is 4.92. The van der Waals surface area contributed by atoms with E-state index in [1.807, 2.05) is 19.1 Å². The highest BCUT2D eigenvalue weighted by molar-refractivity contribution is 8.13. The van der Waals surface area contributed by atoms with E-state index in [1.165, 1.54) is 16.3 Å². The molecule has 0 amide bonds. The fraction of sp³-hybridized carbons (Fsp3) is 0.457. The molecule has 1 saturated heterocycles. The second kappa shape index (κ2) is 15.8. The van der Waals surface area contributed by atoms with E-state index in [4.69, 9.17) is 28.5 Å². The predicted octanol–water partition coefficient (Wildman–Crippen LogP) is 6.38. The lowest BCUT2D eigenvalue weighted by molar-refractivity contribution is 0.0536. The number of hydrogen-bond donors (Lipinski definition) is 5. The van der Waals surface area contributed by atoms with E-state index in [9.17, 15) is 9.90 Å². The summed E-state index contributed by atoms with van der Waals surface area (Å²) in [4.78, 5) is 23.1. The molecule has 0 unspecified atom stereocenters. The normalized spacial score (nSPS) is 18.4. The van der Waals surface area contributed by atoms with E-state index in [0.29, 0.717) is 34.0 Å². The molecule has 1 fully saturated rings. The summed E-state index contributed by atoms with van der Waals surface area (Å²) >= 11 is 7.65. The Bertz CT molecular complexity index is 1740. The van der Waals surface area contributed by atoms with Crippen molar-refractivity contribution in [1.82, 2.24) is 19.4 Å². The van der Waals surface area contributed by atoms with Crippen molar-refractivity contribution < 1.29 is 9.50 Å². The summed E-state index contributed by atoms with van der Waals surface area (Å²) in [5.74, 6) is 0.395. The minimum Gasteiger partial charge on any atom is -0.396 e. The van der Waals surface area contributed by atoms with Crippen molar-refractivity contribution in [2.24, 2.45) is 17.4 Å². The highest BCUT2D eigenvalue weighted by Crippen LogP contribution is 2.37. The number of aromatic amines is 1. The van der Waals surface area contributed by atoms with Gasteiger partial charge in [0.05, 0.1) is 16.4 Å². The van der Waals surface area contributed by atoms with Crippen LogP contribution >= 0.6 is 23.4 Å². The van der Waals surface area contributed by atoms with Crippen LogP contribution in [0.3, 0.4) is 0 Å². The topological polar surface area (TPSA) is 150 Å². The van der Waals surface area contributed by atoms with Crippen molar-refractivity contribution in [2.45, 2.75) is 76.9 Å². The largest absolute Gasteiger partial charge is 0.396 e. The van der Waals surface area contributed by atoms with Crippen LogP contribution in [0.25, 0.3) is 28.0 Å². The molecule has 0 bridgehead atoms. The number of fused-ring (bicyclic) bond motifs is 1. The van der Waals surface area contributed by atoms with Crippen molar-refractivity contribution in [3.05, 3.63) is 81.1 Å². The van der Waals surface area contributed by atoms with Crippen molar-refractivity contribution in [3.63, 3.8) is 0 Å². The minimum absolute atomic E-state index is 0.0493. The minimum atomic E-state index is -0.523. The zero-order valence-electron chi connectivity index (χ0n) is 27.0. The van der Waals surface area contributed by atoms with Crippen molar-refractivity contribution in [1.29, 1.82) is 5.41 Å². The molecule has 0 saturated carbocycles. The first-order valence-corrected chi connectivity index (χ1v) is 17.7. The Kier molecular flexibility index (Phi) is 11.8. The molecule has 12 heteroatoms. The molecule has 4 atom stereocenters.